The van der Waals surface area contributed by atoms with Crippen molar-refractivity contribution >= 4 is 27.5 Å². The maximum atomic E-state index is 14.4. The van der Waals surface area contributed by atoms with Gasteiger partial charge in [-0.2, -0.15) is 0 Å². The lowest BCUT2D eigenvalue weighted by Crippen LogP contribution is -2.52. The number of sulfonamides is 1. The van der Waals surface area contributed by atoms with Crippen molar-refractivity contribution in [1.29, 1.82) is 0 Å². The third-order valence-electron chi connectivity index (χ3n) is 5.50. The van der Waals surface area contributed by atoms with Crippen LogP contribution < -0.4 is 14.4 Å². The lowest BCUT2D eigenvalue weighted by Gasteiger charge is -2.32. The molecule has 0 aliphatic carbocycles. The van der Waals surface area contributed by atoms with E-state index < -0.39 is 40.2 Å². The zero-order chi connectivity index (χ0) is 25.5. The number of para-hydroxylation sites is 2. The predicted molar refractivity (Wildman–Crippen MR) is 129 cm³/mol. The van der Waals surface area contributed by atoms with Crippen molar-refractivity contribution in [2.75, 3.05) is 24.2 Å². The lowest BCUT2D eigenvalue weighted by molar-refractivity contribution is -0.139. The standard InChI is InChI=1S/C24H32FN3O5S/c1-6-17(2)26-24(30)18(3)27(15-19-11-7-8-12-20(19)25)23(29)16-28(34(5,31)32)21-13-9-10-14-22(21)33-4/h7-14,17-18H,6,15-16H2,1-5H3,(H,26,30)/t17-,18-/m1/s1. The molecule has 1 N–H and O–H groups in total. The van der Waals surface area contributed by atoms with Crippen LogP contribution in [0.2, 0.25) is 0 Å². The number of carbonyl (C=O) groups excluding carboxylic acids is 2. The van der Waals surface area contributed by atoms with E-state index in [1.54, 1.807) is 24.3 Å². The van der Waals surface area contributed by atoms with Gasteiger partial charge in [-0.25, -0.2) is 12.8 Å². The molecule has 0 fully saturated rings. The molecule has 8 nitrogen and oxygen atoms in total. The second-order valence-electron chi connectivity index (χ2n) is 8.05. The van der Waals surface area contributed by atoms with Gasteiger partial charge in [-0.3, -0.25) is 13.9 Å². The van der Waals surface area contributed by atoms with Crippen LogP contribution in [-0.4, -0.2) is 57.1 Å². The molecule has 2 aromatic carbocycles. The van der Waals surface area contributed by atoms with Gasteiger partial charge < -0.3 is 15.0 Å². The van der Waals surface area contributed by atoms with E-state index in [1.165, 1.54) is 43.2 Å². The number of anilines is 1. The smallest absolute Gasteiger partial charge is 0.244 e. The van der Waals surface area contributed by atoms with Crippen molar-refractivity contribution < 1.29 is 27.1 Å². The Labute approximate surface area is 200 Å². The van der Waals surface area contributed by atoms with Gasteiger partial charge in [-0.15, -0.1) is 0 Å². The predicted octanol–water partition coefficient (Wildman–Crippen LogP) is 2.93. The summed E-state index contributed by atoms with van der Waals surface area (Å²) in [7, 11) is -2.50. The van der Waals surface area contributed by atoms with Gasteiger partial charge in [0.05, 0.1) is 19.1 Å². The number of nitrogens with zero attached hydrogens (tertiary/aromatic N) is 2. The summed E-state index contributed by atoms with van der Waals surface area (Å²) in [6, 6.07) is 11.2. The van der Waals surface area contributed by atoms with Crippen LogP contribution in [0.1, 0.15) is 32.8 Å². The molecule has 0 unspecified atom stereocenters. The van der Waals surface area contributed by atoms with Crippen LogP contribution in [0.25, 0.3) is 0 Å². The molecule has 0 aliphatic heterocycles. The summed E-state index contributed by atoms with van der Waals surface area (Å²) in [5, 5.41) is 2.82. The first-order chi connectivity index (χ1) is 16.0. The van der Waals surface area contributed by atoms with Crippen molar-refractivity contribution in [2.24, 2.45) is 0 Å². The first kappa shape index (κ1) is 27.1. The molecule has 0 radical (unpaired) electrons. The number of halogens is 1. The summed E-state index contributed by atoms with van der Waals surface area (Å²) >= 11 is 0. The first-order valence-electron chi connectivity index (χ1n) is 10.9. The highest BCUT2D eigenvalue weighted by Gasteiger charge is 2.31. The van der Waals surface area contributed by atoms with Crippen LogP contribution >= 0.6 is 0 Å². The Kier molecular flexibility index (Phi) is 9.43. The molecule has 2 atom stereocenters. The van der Waals surface area contributed by atoms with Gasteiger partial charge in [-0.05, 0) is 38.5 Å². The maximum Gasteiger partial charge on any atom is 0.244 e. The van der Waals surface area contributed by atoms with E-state index in [-0.39, 0.29) is 29.6 Å². The second kappa shape index (κ2) is 11.8. The van der Waals surface area contributed by atoms with E-state index in [4.69, 9.17) is 4.74 Å². The zero-order valence-electron chi connectivity index (χ0n) is 20.1. The van der Waals surface area contributed by atoms with E-state index in [9.17, 15) is 22.4 Å². The molecule has 0 bridgehead atoms. The summed E-state index contributed by atoms with van der Waals surface area (Å²) < 4.78 is 45.8. The van der Waals surface area contributed by atoms with Gasteiger partial charge in [0.25, 0.3) is 0 Å². The number of ether oxygens (including phenoxy) is 1. The van der Waals surface area contributed by atoms with Crippen molar-refractivity contribution in [3.8, 4) is 5.75 Å². The normalized spacial score (nSPS) is 13.0. The number of benzene rings is 2. The van der Waals surface area contributed by atoms with Crippen LogP contribution in [-0.2, 0) is 26.2 Å². The zero-order valence-corrected chi connectivity index (χ0v) is 20.9. The fourth-order valence-electron chi connectivity index (χ4n) is 3.29. The van der Waals surface area contributed by atoms with Crippen LogP contribution in [0.3, 0.4) is 0 Å². The first-order valence-corrected chi connectivity index (χ1v) is 12.8. The highest BCUT2D eigenvalue weighted by atomic mass is 32.2. The van der Waals surface area contributed by atoms with Gasteiger partial charge >= 0.3 is 0 Å². The van der Waals surface area contributed by atoms with Crippen molar-refractivity contribution in [3.63, 3.8) is 0 Å². The molecule has 0 heterocycles. The maximum absolute atomic E-state index is 14.4. The van der Waals surface area contributed by atoms with Crippen molar-refractivity contribution in [1.82, 2.24) is 10.2 Å². The summed E-state index contributed by atoms with van der Waals surface area (Å²) in [6.45, 7) is 4.49. The van der Waals surface area contributed by atoms with Gasteiger partial charge in [0.1, 0.15) is 24.2 Å². The Morgan fingerprint density at radius 2 is 1.71 bits per heavy atom. The number of amides is 2. The summed E-state index contributed by atoms with van der Waals surface area (Å²) in [5.74, 6) is -1.34. The Hall–Kier alpha value is -3.14. The molecule has 2 amide bonds. The second-order valence-corrected chi connectivity index (χ2v) is 9.96. The van der Waals surface area contributed by atoms with E-state index in [0.29, 0.717) is 6.42 Å². The molecular formula is C24H32FN3O5S. The molecule has 0 saturated heterocycles. The van der Waals surface area contributed by atoms with Crippen LogP contribution in [0.5, 0.6) is 5.75 Å². The molecular weight excluding hydrogens is 461 g/mol. The molecule has 0 spiro atoms. The van der Waals surface area contributed by atoms with E-state index in [2.05, 4.69) is 5.32 Å². The van der Waals surface area contributed by atoms with Crippen molar-refractivity contribution in [2.45, 2.75) is 45.8 Å². The Bertz CT molecular complexity index is 1110. The Morgan fingerprint density at radius 1 is 1.09 bits per heavy atom. The molecule has 34 heavy (non-hydrogen) atoms. The topological polar surface area (TPSA) is 96.0 Å². The molecule has 10 heteroatoms. The number of rotatable bonds is 11. The number of carbonyl (C=O) groups is 2. The van der Waals surface area contributed by atoms with Gasteiger partial charge in [0, 0.05) is 18.2 Å². The van der Waals surface area contributed by atoms with Crippen molar-refractivity contribution in [3.05, 3.63) is 59.9 Å². The van der Waals surface area contributed by atoms with Gasteiger partial charge in [0.2, 0.25) is 21.8 Å². The minimum absolute atomic E-state index is 0.124. The lowest BCUT2D eigenvalue weighted by atomic mass is 10.1. The Balaban J connectivity index is 2.44. The summed E-state index contributed by atoms with van der Waals surface area (Å²) in [6.07, 6.45) is 1.67. The minimum Gasteiger partial charge on any atom is -0.495 e. The highest BCUT2D eigenvalue weighted by molar-refractivity contribution is 7.92. The fourth-order valence-corrected chi connectivity index (χ4v) is 4.14. The fraction of sp³-hybridized carbons (Fsp3) is 0.417. The molecule has 186 valence electrons. The molecule has 0 saturated carbocycles. The SMILES string of the molecule is CC[C@@H](C)NC(=O)[C@@H](C)N(Cc1ccccc1F)C(=O)CN(c1ccccc1OC)S(C)(=O)=O. The number of hydrogen-bond donors (Lipinski definition) is 1. The summed E-state index contributed by atoms with van der Waals surface area (Å²) in [5.41, 5.74) is 0.394. The number of hydrogen-bond acceptors (Lipinski definition) is 5. The number of methoxy groups -OCH3 is 1. The van der Waals surface area contributed by atoms with Crippen LogP contribution in [0.15, 0.2) is 48.5 Å². The van der Waals surface area contributed by atoms with E-state index in [0.717, 1.165) is 10.6 Å². The molecule has 0 aromatic heterocycles. The highest BCUT2D eigenvalue weighted by Crippen LogP contribution is 2.29. The number of nitrogens with one attached hydrogen (secondary N) is 1. The van der Waals surface area contributed by atoms with Crippen LogP contribution in [0, 0.1) is 5.82 Å². The third-order valence-corrected chi connectivity index (χ3v) is 6.63. The Morgan fingerprint density at radius 3 is 2.29 bits per heavy atom. The molecule has 2 aromatic rings. The average molecular weight is 494 g/mol. The quantitative estimate of drug-likeness (QED) is 0.519. The third kappa shape index (κ3) is 6.93. The molecule has 0 aliphatic rings. The van der Waals surface area contributed by atoms with Gasteiger partial charge in [0.15, 0.2) is 0 Å². The minimum atomic E-state index is -3.90. The van der Waals surface area contributed by atoms with E-state index in [1.807, 2.05) is 13.8 Å². The van der Waals surface area contributed by atoms with Crippen LogP contribution in [0.4, 0.5) is 10.1 Å². The van der Waals surface area contributed by atoms with Gasteiger partial charge in [-0.1, -0.05) is 37.3 Å². The summed E-state index contributed by atoms with van der Waals surface area (Å²) in [4.78, 5) is 27.5. The average Bonchev–Trinajstić information content (AvgIpc) is 2.80. The largest absolute Gasteiger partial charge is 0.495 e. The monoisotopic (exact) mass is 493 g/mol. The molecule has 2 rings (SSSR count). The van der Waals surface area contributed by atoms with E-state index >= 15 is 0 Å².